The first-order valence-corrected chi connectivity index (χ1v) is 5.24. The molecule has 2 rings (SSSR count). The van der Waals surface area contributed by atoms with Crippen molar-refractivity contribution in [3.05, 3.63) is 22.7 Å². The van der Waals surface area contributed by atoms with Crippen LogP contribution in [0.1, 0.15) is 12.5 Å². The SMILES string of the molecule is CCc1cc(Cl)cc2sc(N)nc12. The average molecular weight is 213 g/mol. The molecular weight excluding hydrogens is 204 g/mol. The predicted octanol–water partition coefficient (Wildman–Crippen LogP) is 3.09. The van der Waals surface area contributed by atoms with Crippen molar-refractivity contribution in [3.63, 3.8) is 0 Å². The van der Waals surface area contributed by atoms with Crippen LogP contribution in [0, 0.1) is 0 Å². The molecule has 0 aliphatic heterocycles. The number of fused-ring (bicyclic) bond motifs is 1. The molecule has 0 amide bonds. The Morgan fingerprint density at radius 3 is 3.00 bits per heavy atom. The molecule has 0 bridgehead atoms. The summed E-state index contributed by atoms with van der Waals surface area (Å²) in [6.45, 7) is 2.08. The van der Waals surface area contributed by atoms with E-state index in [-0.39, 0.29) is 0 Å². The summed E-state index contributed by atoms with van der Waals surface area (Å²) in [5.41, 5.74) is 7.79. The second-order valence-corrected chi connectivity index (χ2v) is 4.32. The van der Waals surface area contributed by atoms with Gasteiger partial charge >= 0.3 is 0 Å². The van der Waals surface area contributed by atoms with Gasteiger partial charge in [0, 0.05) is 5.02 Å². The van der Waals surface area contributed by atoms with Crippen molar-refractivity contribution in [1.29, 1.82) is 0 Å². The molecule has 1 aromatic heterocycles. The molecule has 1 heterocycles. The summed E-state index contributed by atoms with van der Waals surface area (Å²) in [5, 5.41) is 1.36. The van der Waals surface area contributed by atoms with Gasteiger partial charge in [0.2, 0.25) is 0 Å². The number of nitrogens with two attached hydrogens (primary N) is 1. The number of aryl methyl sites for hydroxylation is 1. The Morgan fingerprint density at radius 2 is 2.31 bits per heavy atom. The Morgan fingerprint density at radius 1 is 1.54 bits per heavy atom. The lowest BCUT2D eigenvalue weighted by atomic mass is 10.1. The lowest BCUT2D eigenvalue weighted by Crippen LogP contribution is -1.84. The number of hydrogen-bond donors (Lipinski definition) is 1. The number of aromatic nitrogens is 1. The normalized spacial score (nSPS) is 10.9. The molecule has 13 heavy (non-hydrogen) atoms. The number of hydrogen-bond acceptors (Lipinski definition) is 3. The summed E-state index contributed by atoms with van der Waals surface area (Å²) < 4.78 is 1.07. The van der Waals surface area contributed by atoms with E-state index < -0.39 is 0 Å². The smallest absolute Gasteiger partial charge is 0.181 e. The molecular formula is C9H9ClN2S. The molecule has 2 N–H and O–H groups in total. The van der Waals surface area contributed by atoms with Crippen LogP contribution in [0.25, 0.3) is 10.2 Å². The van der Waals surface area contributed by atoms with E-state index >= 15 is 0 Å². The second kappa shape index (κ2) is 3.16. The monoisotopic (exact) mass is 212 g/mol. The minimum atomic E-state index is 0.604. The Hall–Kier alpha value is -0.800. The van der Waals surface area contributed by atoms with Crippen molar-refractivity contribution in [1.82, 2.24) is 4.98 Å². The number of halogens is 1. The summed E-state index contributed by atoms with van der Waals surface area (Å²) in [4.78, 5) is 4.26. The van der Waals surface area contributed by atoms with Crippen LogP contribution in [0.5, 0.6) is 0 Å². The number of anilines is 1. The molecule has 0 saturated carbocycles. The van der Waals surface area contributed by atoms with Crippen LogP contribution in [-0.4, -0.2) is 4.98 Å². The molecule has 0 fully saturated rings. The third-order valence-corrected chi connectivity index (χ3v) is 2.99. The minimum absolute atomic E-state index is 0.604. The van der Waals surface area contributed by atoms with Gasteiger partial charge in [0.15, 0.2) is 5.13 Å². The molecule has 1 aromatic carbocycles. The maximum absolute atomic E-state index is 5.95. The Kier molecular flexibility index (Phi) is 2.14. The van der Waals surface area contributed by atoms with Crippen molar-refractivity contribution in [2.45, 2.75) is 13.3 Å². The zero-order chi connectivity index (χ0) is 9.42. The number of benzene rings is 1. The maximum atomic E-state index is 5.95. The second-order valence-electron chi connectivity index (χ2n) is 2.82. The molecule has 2 nitrogen and oxygen atoms in total. The molecule has 0 aliphatic rings. The largest absolute Gasteiger partial charge is 0.375 e. The highest BCUT2D eigenvalue weighted by molar-refractivity contribution is 7.22. The van der Waals surface area contributed by atoms with E-state index in [0.29, 0.717) is 5.13 Å². The Balaban J connectivity index is 2.80. The highest BCUT2D eigenvalue weighted by Gasteiger charge is 2.06. The first kappa shape index (κ1) is 8.78. The van der Waals surface area contributed by atoms with E-state index in [4.69, 9.17) is 17.3 Å². The van der Waals surface area contributed by atoms with E-state index in [1.165, 1.54) is 11.3 Å². The topological polar surface area (TPSA) is 38.9 Å². The van der Waals surface area contributed by atoms with E-state index in [9.17, 15) is 0 Å². The van der Waals surface area contributed by atoms with Gasteiger partial charge in [-0.15, -0.1) is 0 Å². The number of nitrogens with zero attached hydrogens (tertiary/aromatic N) is 1. The maximum Gasteiger partial charge on any atom is 0.181 e. The number of rotatable bonds is 1. The Bertz CT molecular complexity index is 450. The minimum Gasteiger partial charge on any atom is -0.375 e. The zero-order valence-electron chi connectivity index (χ0n) is 7.17. The first-order valence-electron chi connectivity index (χ1n) is 4.05. The Labute approximate surface area is 85.3 Å². The molecule has 0 saturated heterocycles. The third kappa shape index (κ3) is 1.49. The van der Waals surface area contributed by atoms with Crippen LogP contribution >= 0.6 is 22.9 Å². The quantitative estimate of drug-likeness (QED) is 0.789. The summed E-state index contributed by atoms with van der Waals surface area (Å²) in [6, 6.07) is 3.85. The molecule has 0 atom stereocenters. The van der Waals surface area contributed by atoms with E-state index in [1.54, 1.807) is 0 Å². The fraction of sp³-hybridized carbons (Fsp3) is 0.222. The van der Waals surface area contributed by atoms with E-state index in [2.05, 4.69) is 11.9 Å². The van der Waals surface area contributed by atoms with Crippen molar-refractivity contribution in [2.24, 2.45) is 0 Å². The molecule has 0 aliphatic carbocycles. The van der Waals surface area contributed by atoms with Gasteiger partial charge < -0.3 is 5.73 Å². The van der Waals surface area contributed by atoms with E-state index in [1.807, 2.05) is 12.1 Å². The van der Waals surface area contributed by atoms with Gasteiger partial charge in [-0.1, -0.05) is 29.9 Å². The van der Waals surface area contributed by atoms with Gasteiger partial charge in [0.05, 0.1) is 10.2 Å². The van der Waals surface area contributed by atoms with E-state index in [0.717, 1.165) is 27.2 Å². The van der Waals surface area contributed by atoms with Gasteiger partial charge in [-0.25, -0.2) is 4.98 Å². The van der Waals surface area contributed by atoms with Crippen LogP contribution in [0.15, 0.2) is 12.1 Å². The van der Waals surface area contributed by atoms with Crippen molar-refractivity contribution in [2.75, 3.05) is 5.73 Å². The summed E-state index contributed by atoms with van der Waals surface area (Å²) in [7, 11) is 0. The molecule has 2 aromatic rings. The van der Waals surface area contributed by atoms with Crippen LogP contribution in [0.3, 0.4) is 0 Å². The molecule has 0 radical (unpaired) electrons. The molecule has 4 heteroatoms. The fourth-order valence-corrected chi connectivity index (χ4v) is 2.48. The lowest BCUT2D eigenvalue weighted by Gasteiger charge is -1.98. The van der Waals surface area contributed by atoms with Gasteiger partial charge in [0.1, 0.15) is 0 Å². The van der Waals surface area contributed by atoms with Crippen molar-refractivity contribution < 1.29 is 0 Å². The number of nitrogen functional groups attached to an aromatic ring is 1. The van der Waals surface area contributed by atoms with Gasteiger partial charge in [-0.05, 0) is 24.1 Å². The lowest BCUT2D eigenvalue weighted by molar-refractivity contribution is 1.15. The predicted molar refractivity (Wildman–Crippen MR) is 58.4 cm³/mol. The summed E-state index contributed by atoms with van der Waals surface area (Å²) in [5.74, 6) is 0. The standard InChI is InChI=1S/C9H9ClN2S/c1-2-5-3-6(10)4-7-8(5)12-9(11)13-7/h3-4H,2H2,1H3,(H2,11,12). The average Bonchev–Trinajstić information content (AvgIpc) is 2.43. The third-order valence-electron chi connectivity index (χ3n) is 1.94. The summed E-state index contributed by atoms with van der Waals surface area (Å²) >= 11 is 7.43. The van der Waals surface area contributed by atoms with Gasteiger partial charge in [-0.3, -0.25) is 0 Å². The van der Waals surface area contributed by atoms with Gasteiger partial charge in [0.25, 0.3) is 0 Å². The number of thiazole rings is 1. The molecule has 0 spiro atoms. The van der Waals surface area contributed by atoms with Crippen molar-refractivity contribution in [3.8, 4) is 0 Å². The molecule has 0 unspecified atom stereocenters. The van der Waals surface area contributed by atoms with Gasteiger partial charge in [-0.2, -0.15) is 0 Å². The summed E-state index contributed by atoms with van der Waals surface area (Å²) in [6.07, 6.45) is 0.931. The first-order chi connectivity index (χ1) is 6.20. The zero-order valence-corrected chi connectivity index (χ0v) is 8.75. The molecule has 68 valence electrons. The van der Waals surface area contributed by atoms with Crippen LogP contribution in [-0.2, 0) is 6.42 Å². The van der Waals surface area contributed by atoms with Crippen molar-refractivity contribution >= 4 is 38.3 Å². The highest BCUT2D eigenvalue weighted by atomic mass is 35.5. The van der Waals surface area contributed by atoms with Crippen LogP contribution in [0.2, 0.25) is 5.02 Å². The van der Waals surface area contributed by atoms with Crippen LogP contribution in [0.4, 0.5) is 5.13 Å². The highest BCUT2D eigenvalue weighted by Crippen LogP contribution is 2.29. The van der Waals surface area contributed by atoms with Crippen LogP contribution < -0.4 is 5.73 Å². The fourth-order valence-electron chi connectivity index (χ4n) is 1.35.